The van der Waals surface area contributed by atoms with Gasteiger partial charge in [-0.05, 0) is 0 Å². The molecule has 0 radical (unpaired) electrons. The monoisotopic (exact) mass is 301 g/mol. The van der Waals surface area contributed by atoms with Crippen molar-refractivity contribution in [2.75, 3.05) is 5.33 Å². The van der Waals surface area contributed by atoms with Crippen molar-refractivity contribution in [2.45, 2.75) is 0 Å². The van der Waals surface area contributed by atoms with Crippen LogP contribution in [0, 0.1) is 0 Å². The topological polar surface area (TPSA) is 46.2 Å². The third kappa shape index (κ3) is 1.58. The number of fused-ring (bicyclic) bond motifs is 1. The third-order valence-corrected chi connectivity index (χ3v) is 3.47. The first-order valence-corrected chi connectivity index (χ1v) is 6.56. The average molecular weight is 302 g/mol. The van der Waals surface area contributed by atoms with E-state index in [1.54, 1.807) is 24.3 Å². The highest BCUT2D eigenvalue weighted by molar-refractivity contribution is 9.09. The molecule has 1 aliphatic heterocycles. The molecule has 0 atom stereocenters. The van der Waals surface area contributed by atoms with Gasteiger partial charge in [0.25, 0.3) is 0 Å². The summed E-state index contributed by atoms with van der Waals surface area (Å²) >= 11 is 3.28. The Labute approximate surface area is 112 Å². The zero-order valence-corrected chi connectivity index (χ0v) is 10.9. The number of benzene rings is 1. The van der Waals surface area contributed by atoms with Crippen LogP contribution in [0.5, 0.6) is 0 Å². The highest BCUT2D eigenvalue weighted by Gasteiger charge is 2.29. The van der Waals surface area contributed by atoms with Gasteiger partial charge in [-0.15, -0.1) is 0 Å². The van der Waals surface area contributed by atoms with E-state index in [0.717, 1.165) is 5.70 Å². The van der Waals surface area contributed by atoms with E-state index in [9.17, 15) is 9.59 Å². The van der Waals surface area contributed by atoms with E-state index in [4.69, 9.17) is 0 Å². The molecular weight excluding hydrogens is 294 g/mol. The van der Waals surface area contributed by atoms with Gasteiger partial charge in [-0.3, -0.25) is 9.59 Å². The number of alkyl halides is 1. The van der Waals surface area contributed by atoms with Crippen molar-refractivity contribution >= 4 is 27.5 Å². The fraction of sp³-hybridized carbons (Fsp3) is 0.0714. The molecule has 0 spiro atoms. The number of carbonyl (C=O) groups excluding carboxylic acids is 2. The Morgan fingerprint density at radius 3 is 2.50 bits per heavy atom. The summed E-state index contributed by atoms with van der Waals surface area (Å²) in [6, 6.07) is 6.87. The Morgan fingerprint density at radius 2 is 1.83 bits per heavy atom. The van der Waals surface area contributed by atoms with E-state index in [1.807, 2.05) is 0 Å². The number of hydrogen-bond acceptors (Lipinski definition) is 3. The van der Waals surface area contributed by atoms with Crippen LogP contribution in [0.2, 0.25) is 0 Å². The van der Waals surface area contributed by atoms with Gasteiger partial charge in [-0.2, -0.15) is 0 Å². The summed E-state index contributed by atoms with van der Waals surface area (Å²) in [6.07, 6.45) is 1.38. The van der Waals surface area contributed by atoms with E-state index in [0.29, 0.717) is 27.7 Å². The number of rotatable bonds is 2. The maximum Gasteiger partial charge on any atom is 0.196 e. The van der Waals surface area contributed by atoms with Gasteiger partial charge < -0.3 is 5.32 Å². The Morgan fingerprint density at radius 1 is 1.17 bits per heavy atom. The van der Waals surface area contributed by atoms with Gasteiger partial charge in [0.1, 0.15) is 0 Å². The summed E-state index contributed by atoms with van der Waals surface area (Å²) in [7, 11) is 0. The molecule has 4 heteroatoms. The molecule has 18 heavy (non-hydrogen) atoms. The molecular formula is C14H8BrNO2. The summed E-state index contributed by atoms with van der Waals surface area (Å²) in [5.74, 6) is -0.266. The number of carbonyl (C=O) groups is 2. The first-order valence-electron chi connectivity index (χ1n) is 5.43. The molecule has 0 fully saturated rings. The molecule has 3 nitrogen and oxygen atoms in total. The predicted molar refractivity (Wildman–Crippen MR) is 70.7 cm³/mol. The van der Waals surface area contributed by atoms with Gasteiger partial charge in [-0.25, -0.2) is 0 Å². The molecule has 0 unspecified atom stereocenters. The molecule has 0 saturated carbocycles. The van der Waals surface area contributed by atoms with E-state index in [-0.39, 0.29) is 11.6 Å². The Kier molecular flexibility index (Phi) is 2.54. The second-order valence-electron chi connectivity index (χ2n) is 4.03. The van der Waals surface area contributed by atoms with Crippen LogP contribution in [-0.2, 0) is 0 Å². The first kappa shape index (κ1) is 11.2. The zero-order chi connectivity index (χ0) is 12.7. The van der Waals surface area contributed by atoms with Crippen molar-refractivity contribution in [3.63, 3.8) is 0 Å². The van der Waals surface area contributed by atoms with Crippen LogP contribution in [-0.4, -0.2) is 16.9 Å². The Bertz CT molecular complexity index is 679. The second-order valence-corrected chi connectivity index (χ2v) is 4.59. The van der Waals surface area contributed by atoms with Crippen LogP contribution in [0.1, 0.15) is 20.7 Å². The molecule has 3 rings (SSSR count). The number of ketones is 2. The largest absolute Gasteiger partial charge is 0.345 e. The zero-order valence-electron chi connectivity index (χ0n) is 9.29. The molecule has 1 aromatic carbocycles. The van der Waals surface area contributed by atoms with Crippen molar-refractivity contribution < 1.29 is 9.59 Å². The van der Waals surface area contributed by atoms with Crippen molar-refractivity contribution in [2.24, 2.45) is 0 Å². The SMILES string of the molecule is O=C1C=C(C2=C=C(CBr)N2)C(=O)c2ccccc21. The van der Waals surface area contributed by atoms with Crippen molar-refractivity contribution in [1.29, 1.82) is 0 Å². The van der Waals surface area contributed by atoms with Crippen molar-refractivity contribution in [3.8, 4) is 0 Å². The molecule has 0 amide bonds. The smallest absolute Gasteiger partial charge is 0.196 e. The molecule has 0 saturated heterocycles. The lowest BCUT2D eigenvalue weighted by Gasteiger charge is -2.21. The van der Waals surface area contributed by atoms with E-state index in [1.165, 1.54) is 6.08 Å². The van der Waals surface area contributed by atoms with Crippen LogP contribution in [0.4, 0.5) is 0 Å². The van der Waals surface area contributed by atoms with Gasteiger partial charge in [0.2, 0.25) is 0 Å². The molecule has 1 aliphatic carbocycles. The standard InChI is InChI=1S/C14H8BrNO2/c15-7-8-5-12(16-8)11-6-13(17)9-3-1-2-4-10(9)14(11)18/h1-4,6,16H,7H2. The maximum absolute atomic E-state index is 12.2. The molecule has 88 valence electrons. The Hall–Kier alpha value is -1.90. The van der Waals surface area contributed by atoms with Crippen LogP contribution < -0.4 is 5.32 Å². The highest BCUT2D eigenvalue weighted by atomic mass is 79.9. The summed E-state index contributed by atoms with van der Waals surface area (Å²) < 4.78 is 0. The normalized spacial score (nSPS) is 17.1. The van der Waals surface area contributed by atoms with Gasteiger partial charge in [-0.1, -0.05) is 45.9 Å². The molecule has 1 N–H and O–H groups in total. The number of halogens is 1. The minimum absolute atomic E-state index is 0.131. The van der Waals surface area contributed by atoms with Gasteiger partial charge in [0.05, 0.1) is 22.3 Å². The molecule has 0 aromatic heterocycles. The fourth-order valence-electron chi connectivity index (χ4n) is 2.00. The third-order valence-electron chi connectivity index (χ3n) is 2.91. The van der Waals surface area contributed by atoms with E-state index in [2.05, 4.69) is 27.0 Å². The summed E-state index contributed by atoms with van der Waals surface area (Å²) in [4.78, 5) is 24.2. The quantitative estimate of drug-likeness (QED) is 0.674. The lowest BCUT2D eigenvalue weighted by atomic mass is 9.87. The molecule has 1 heterocycles. The number of Topliss-reactive ketones (excluding diaryl/α,β-unsaturated/α-hetero) is 1. The number of nitrogens with one attached hydrogen (secondary N) is 1. The molecule has 2 aliphatic rings. The van der Waals surface area contributed by atoms with Crippen molar-refractivity contribution in [1.82, 2.24) is 5.32 Å². The summed E-state index contributed by atoms with van der Waals surface area (Å²) in [5.41, 5.74) is 5.81. The highest BCUT2D eigenvalue weighted by Crippen LogP contribution is 2.26. The van der Waals surface area contributed by atoms with Crippen LogP contribution >= 0.6 is 15.9 Å². The first-order chi connectivity index (χ1) is 8.70. The summed E-state index contributed by atoms with van der Waals surface area (Å²) in [6.45, 7) is 0. The lowest BCUT2D eigenvalue weighted by molar-refractivity contribution is 0.0985. The van der Waals surface area contributed by atoms with Crippen LogP contribution in [0.25, 0.3) is 0 Å². The lowest BCUT2D eigenvalue weighted by Crippen LogP contribution is -2.28. The Balaban J connectivity index is 2.09. The molecule has 0 bridgehead atoms. The average Bonchev–Trinajstić information content (AvgIpc) is 2.34. The summed E-state index contributed by atoms with van der Waals surface area (Å²) in [5, 5.41) is 3.67. The maximum atomic E-state index is 12.2. The van der Waals surface area contributed by atoms with Crippen LogP contribution in [0.3, 0.4) is 0 Å². The van der Waals surface area contributed by atoms with E-state index >= 15 is 0 Å². The predicted octanol–water partition coefficient (Wildman–Crippen LogP) is 2.36. The van der Waals surface area contributed by atoms with Gasteiger partial charge >= 0.3 is 0 Å². The van der Waals surface area contributed by atoms with E-state index < -0.39 is 0 Å². The minimum atomic E-state index is -0.136. The number of allylic oxidation sites excluding steroid dienone is 2. The molecule has 1 aromatic rings. The van der Waals surface area contributed by atoms with Crippen molar-refractivity contribution in [3.05, 3.63) is 64.2 Å². The second kappa shape index (κ2) is 4.09. The number of hydrogen-bond donors (Lipinski definition) is 1. The minimum Gasteiger partial charge on any atom is -0.345 e. The fourth-order valence-corrected chi connectivity index (χ4v) is 2.28. The van der Waals surface area contributed by atoms with Crippen LogP contribution in [0.15, 0.2) is 53.0 Å². The van der Waals surface area contributed by atoms with Gasteiger partial charge in [0, 0.05) is 17.2 Å². The van der Waals surface area contributed by atoms with Gasteiger partial charge in [0.15, 0.2) is 11.6 Å².